The summed E-state index contributed by atoms with van der Waals surface area (Å²) in [7, 11) is 0. The minimum absolute atomic E-state index is 0.0946. The molecule has 3 heteroatoms. The van der Waals surface area contributed by atoms with Crippen molar-refractivity contribution in [3.63, 3.8) is 0 Å². The van der Waals surface area contributed by atoms with E-state index in [1.165, 1.54) is 0 Å². The standard InChI is InChI=1S/C10H22N2O/c1-8(2)12-6-4-5-10(11,7-13)9(12)3/h8-9,13H,4-7,11H2,1-3H3. The minimum Gasteiger partial charge on any atom is -0.394 e. The number of likely N-dealkylation sites (tertiary alicyclic amines) is 1. The van der Waals surface area contributed by atoms with Gasteiger partial charge < -0.3 is 10.8 Å². The van der Waals surface area contributed by atoms with E-state index in [0.29, 0.717) is 6.04 Å². The van der Waals surface area contributed by atoms with E-state index in [4.69, 9.17) is 5.73 Å². The molecule has 0 bridgehead atoms. The van der Waals surface area contributed by atoms with E-state index in [1.54, 1.807) is 0 Å². The fraction of sp³-hybridized carbons (Fsp3) is 1.00. The second-order valence-electron chi connectivity index (χ2n) is 4.50. The lowest BCUT2D eigenvalue weighted by Crippen LogP contribution is -2.64. The largest absolute Gasteiger partial charge is 0.394 e. The highest BCUT2D eigenvalue weighted by molar-refractivity contribution is 4.98. The first-order chi connectivity index (χ1) is 6.01. The van der Waals surface area contributed by atoms with E-state index in [2.05, 4.69) is 25.7 Å². The number of piperidine rings is 1. The van der Waals surface area contributed by atoms with Gasteiger partial charge in [-0.25, -0.2) is 0 Å². The number of nitrogens with zero attached hydrogens (tertiary/aromatic N) is 1. The molecule has 0 radical (unpaired) electrons. The Bertz CT molecular complexity index is 172. The van der Waals surface area contributed by atoms with Crippen molar-refractivity contribution in [1.82, 2.24) is 4.90 Å². The quantitative estimate of drug-likeness (QED) is 0.663. The molecule has 0 saturated carbocycles. The lowest BCUT2D eigenvalue weighted by atomic mass is 9.83. The molecule has 3 N–H and O–H groups in total. The van der Waals surface area contributed by atoms with E-state index in [9.17, 15) is 5.11 Å². The van der Waals surface area contributed by atoms with Crippen LogP contribution < -0.4 is 5.73 Å². The van der Waals surface area contributed by atoms with Crippen LogP contribution in [0.15, 0.2) is 0 Å². The topological polar surface area (TPSA) is 49.5 Å². The average Bonchev–Trinajstić information content (AvgIpc) is 2.09. The van der Waals surface area contributed by atoms with Gasteiger partial charge in [0.15, 0.2) is 0 Å². The lowest BCUT2D eigenvalue weighted by Gasteiger charge is -2.47. The summed E-state index contributed by atoms with van der Waals surface area (Å²) in [6.45, 7) is 7.68. The second-order valence-corrected chi connectivity index (χ2v) is 4.50. The molecule has 2 unspecified atom stereocenters. The van der Waals surface area contributed by atoms with Gasteiger partial charge in [-0.2, -0.15) is 0 Å². The van der Waals surface area contributed by atoms with Gasteiger partial charge in [-0.1, -0.05) is 0 Å². The van der Waals surface area contributed by atoms with Crippen LogP contribution in [-0.2, 0) is 0 Å². The monoisotopic (exact) mass is 186 g/mol. The Labute approximate surface area is 80.9 Å². The Balaban J connectivity index is 2.71. The van der Waals surface area contributed by atoms with Gasteiger partial charge in [0.1, 0.15) is 0 Å². The molecule has 0 aromatic carbocycles. The fourth-order valence-electron chi connectivity index (χ4n) is 2.24. The maximum Gasteiger partial charge on any atom is 0.0626 e. The molecule has 1 aliphatic heterocycles. The van der Waals surface area contributed by atoms with Crippen LogP contribution in [0.2, 0.25) is 0 Å². The van der Waals surface area contributed by atoms with Gasteiger partial charge in [-0.3, -0.25) is 4.90 Å². The number of hydrogen-bond acceptors (Lipinski definition) is 3. The predicted octanol–water partition coefficient (Wildman–Crippen LogP) is 0.569. The summed E-state index contributed by atoms with van der Waals surface area (Å²) < 4.78 is 0. The molecule has 0 aromatic heterocycles. The van der Waals surface area contributed by atoms with Crippen molar-refractivity contribution in [3.05, 3.63) is 0 Å². The highest BCUT2D eigenvalue weighted by Gasteiger charge is 2.38. The first-order valence-corrected chi connectivity index (χ1v) is 5.17. The maximum absolute atomic E-state index is 9.27. The lowest BCUT2D eigenvalue weighted by molar-refractivity contribution is 0.0238. The Morgan fingerprint density at radius 3 is 2.69 bits per heavy atom. The summed E-state index contributed by atoms with van der Waals surface area (Å²) in [5, 5.41) is 9.27. The van der Waals surface area contributed by atoms with Gasteiger partial charge in [0.2, 0.25) is 0 Å². The number of hydrogen-bond donors (Lipinski definition) is 2. The summed E-state index contributed by atoms with van der Waals surface area (Å²) in [5.41, 5.74) is 5.75. The van der Waals surface area contributed by atoms with Crippen molar-refractivity contribution in [3.8, 4) is 0 Å². The van der Waals surface area contributed by atoms with Crippen LogP contribution in [0, 0.1) is 0 Å². The molecule has 1 aliphatic rings. The maximum atomic E-state index is 9.27. The molecule has 1 fully saturated rings. The number of aliphatic hydroxyl groups excluding tert-OH is 1. The number of nitrogens with two attached hydrogens (primary N) is 1. The first-order valence-electron chi connectivity index (χ1n) is 5.17. The first kappa shape index (κ1) is 11.0. The summed E-state index contributed by atoms with van der Waals surface area (Å²) in [4.78, 5) is 2.37. The van der Waals surface area contributed by atoms with E-state index < -0.39 is 0 Å². The van der Waals surface area contributed by atoms with Gasteiger partial charge in [0.05, 0.1) is 12.1 Å². The van der Waals surface area contributed by atoms with Crippen LogP contribution >= 0.6 is 0 Å². The van der Waals surface area contributed by atoms with Gasteiger partial charge in [-0.05, 0) is 40.2 Å². The molecular formula is C10H22N2O. The zero-order valence-electron chi connectivity index (χ0n) is 8.95. The minimum atomic E-state index is -0.386. The summed E-state index contributed by atoms with van der Waals surface area (Å²) >= 11 is 0. The zero-order chi connectivity index (χ0) is 10.1. The molecule has 13 heavy (non-hydrogen) atoms. The Morgan fingerprint density at radius 1 is 1.62 bits per heavy atom. The van der Waals surface area contributed by atoms with E-state index >= 15 is 0 Å². The van der Waals surface area contributed by atoms with Crippen LogP contribution in [0.25, 0.3) is 0 Å². The molecule has 1 saturated heterocycles. The predicted molar refractivity (Wildman–Crippen MR) is 54.5 cm³/mol. The zero-order valence-corrected chi connectivity index (χ0v) is 8.95. The molecule has 0 spiro atoms. The highest BCUT2D eigenvalue weighted by atomic mass is 16.3. The smallest absolute Gasteiger partial charge is 0.0626 e. The van der Waals surface area contributed by atoms with Crippen molar-refractivity contribution in [1.29, 1.82) is 0 Å². The third-order valence-electron chi connectivity index (χ3n) is 3.35. The van der Waals surface area contributed by atoms with Crippen LogP contribution in [0.3, 0.4) is 0 Å². The summed E-state index contributed by atoms with van der Waals surface area (Å²) in [5.74, 6) is 0. The van der Waals surface area contributed by atoms with Gasteiger partial charge in [0.25, 0.3) is 0 Å². The fourth-order valence-corrected chi connectivity index (χ4v) is 2.24. The molecule has 1 rings (SSSR count). The summed E-state index contributed by atoms with van der Waals surface area (Å²) in [6.07, 6.45) is 2.04. The molecule has 3 nitrogen and oxygen atoms in total. The van der Waals surface area contributed by atoms with Crippen LogP contribution in [0.5, 0.6) is 0 Å². The normalized spacial score (nSPS) is 36.9. The van der Waals surface area contributed by atoms with Crippen molar-refractivity contribution in [2.75, 3.05) is 13.2 Å². The SMILES string of the molecule is CC(C)N1CCCC(N)(CO)C1C. The summed E-state index contributed by atoms with van der Waals surface area (Å²) in [6, 6.07) is 0.802. The Morgan fingerprint density at radius 2 is 2.23 bits per heavy atom. The van der Waals surface area contributed by atoms with Crippen molar-refractivity contribution in [2.45, 2.75) is 51.2 Å². The number of rotatable bonds is 2. The van der Waals surface area contributed by atoms with Crippen molar-refractivity contribution in [2.24, 2.45) is 5.73 Å². The van der Waals surface area contributed by atoms with Crippen molar-refractivity contribution >= 4 is 0 Å². The molecule has 1 heterocycles. The Kier molecular flexibility index (Phi) is 3.33. The molecule has 78 valence electrons. The van der Waals surface area contributed by atoms with E-state index in [1.807, 2.05) is 0 Å². The average molecular weight is 186 g/mol. The molecule has 0 aromatic rings. The number of aliphatic hydroxyl groups is 1. The van der Waals surface area contributed by atoms with Crippen LogP contribution in [0.4, 0.5) is 0 Å². The van der Waals surface area contributed by atoms with Crippen molar-refractivity contribution < 1.29 is 5.11 Å². The van der Waals surface area contributed by atoms with Crippen LogP contribution in [-0.4, -0.2) is 40.8 Å². The van der Waals surface area contributed by atoms with Crippen LogP contribution in [0.1, 0.15) is 33.6 Å². The molecule has 0 amide bonds. The third kappa shape index (κ3) is 2.03. The van der Waals surface area contributed by atoms with E-state index in [-0.39, 0.29) is 18.2 Å². The Hall–Kier alpha value is -0.120. The van der Waals surface area contributed by atoms with E-state index in [0.717, 1.165) is 19.4 Å². The second kappa shape index (κ2) is 3.95. The van der Waals surface area contributed by atoms with Gasteiger partial charge in [0, 0.05) is 12.1 Å². The van der Waals surface area contributed by atoms with Gasteiger partial charge in [-0.15, -0.1) is 0 Å². The molecule has 2 atom stereocenters. The molecular weight excluding hydrogens is 164 g/mol. The van der Waals surface area contributed by atoms with Gasteiger partial charge >= 0.3 is 0 Å². The highest BCUT2D eigenvalue weighted by Crippen LogP contribution is 2.26. The molecule has 0 aliphatic carbocycles. The third-order valence-corrected chi connectivity index (χ3v) is 3.35.